The van der Waals surface area contributed by atoms with Gasteiger partial charge < -0.3 is 9.94 Å². The fraction of sp³-hybridized carbons (Fsp3) is 0.250. The Kier molecular flexibility index (Phi) is 4.07. The topological polar surface area (TPSA) is 41.5 Å². The fourth-order valence-electron chi connectivity index (χ4n) is 0.768. The predicted octanol–water partition coefficient (Wildman–Crippen LogP) is 1.81. The molecule has 0 unspecified atom stereocenters. The van der Waals surface area contributed by atoms with Gasteiger partial charge >= 0.3 is 0 Å². The quantitative estimate of drug-likeness (QED) is 0.614. The van der Waals surface area contributed by atoms with E-state index in [4.69, 9.17) is 9.94 Å². The molecule has 3 nitrogen and oxygen atoms in total. The monoisotopic (exact) mass is 231 g/mol. The molecule has 2 N–H and O–H groups in total. The summed E-state index contributed by atoms with van der Waals surface area (Å²) < 4.78 is 6.23. The van der Waals surface area contributed by atoms with Gasteiger partial charge in [-0.15, -0.1) is 0 Å². The fourth-order valence-corrected chi connectivity index (χ4v) is 1.17. The summed E-state index contributed by atoms with van der Waals surface area (Å²) in [5.74, 6) is 0.785. The molecule has 0 aliphatic carbocycles. The number of benzene rings is 1. The maximum Gasteiger partial charge on any atom is 0.133 e. The van der Waals surface area contributed by atoms with Crippen LogP contribution in [0.2, 0.25) is 0 Å². The van der Waals surface area contributed by atoms with Crippen molar-refractivity contribution in [2.45, 2.75) is 0 Å². The van der Waals surface area contributed by atoms with Crippen LogP contribution < -0.4 is 10.2 Å². The van der Waals surface area contributed by atoms with Crippen LogP contribution in [0.5, 0.6) is 5.75 Å². The molecule has 0 aliphatic rings. The molecule has 4 heteroatoms. The van der Waals surface area contributed by atoms with Crippen LogP contribution in [0, 0.1) is 0 Å². The van der Waals surface area contributed by atoms with E-state index in [1.54, 1.807) is 0 Å². The van der Waals surface area contributed by atoms with Crippen LogP contribution in [0.25, 0.3) is 0 Å². The van der Waals surface area contributed by atoms with Crippen molar-refractivity contribution in [2.75, 3.05) is 13.2 Å². The average molecular weight is 232 g/mol. The van der Waals surface area contributed by atoms with E-state index in [2.05, 4.69) is 15.9 Å². The summed E-state index contributed by atoms with van der Waals surface area (Å²) in [5.41, 5.74) is 2.02. The lowest BCUT2D eigenvalue weighted by atomic mass is 10.3. The molecule has 0 saturated carbocycles. The van der Waals surface area contributed by atoms with Gasteiger partial charge in [-0.2, -0.15) is 0 Å². The smallest absolute Gasteiger partial charge is 0.133 e. The molecule has 12 heavy (non-hydrogen) atoms. The number of halogens is 1. The van der Waals surface area contributed by atoms with Crippen molar-refractivity contribution in [2.24, 2.45) is 0 Å². The zero-order chi connectivity index (χ0) is 8.81. The molecule has 0 saturated heterocycles. The summed E-state index contributed by atoms with van der Waals surface area (Å²) in [6.07, 6.45) is 0. The maximum atomic E-state index is 8.27. The number of nitrogens with one attached hydrogen (secondary N) is 1. The molecule has 0 spiro atoms. The summed E-state index contributed by atoms with van der Waals surface area (Å²) >= 11 is 3.34. The molecule has 1 aromatic rings. The first-order valence-electron chi connectivity index (χ1n) is 3.59. The molecule has 1 aromatic carbocycles. The average Bonchev–Trinajstić information content (AvgIpc) is 2.09. The molecule has 66 valence electrons. The van der Waals surface area contributed by atoms with Crippen LogP contribution in [0.4, 0.5) is 0 Å². The van der Waals surface area contributed by atoms with E-state index in [1.165, 1.54) is 0 Å². The molecule has 0 aromatic heterocycles. The number of hydrogen-bond donors (Lipinski definition) is 2. The Morgan fingerprint density at radius 1 is 1.42 bits per heavy atom. The predicted molar refractivity (Wildman–Crippen MR) is 49.4 cm³/mol. The minimum absolute atomic E-state index is 0.418. The van der Waals surface area contributed by atoms with Gasteiger partial charge in [0.05, 0.1) is 11.0 Å². The third-order valence-corrected chi connectivity index (χ3v) is 1.96. The van der Waals surface area contributed by atoms with Gasteiger partial charge in [-0.1, -0.05) is 12.1 Å². The second-order valence-electron chi connectivity index (χ2n) is 2.19. The van der Waals surface area contributed by atoms with Crippen LogP contribution in [0.15, 0.2) is 28.7 Å². The van der Waals surface area contributed by atoms with Crippen molar-refractivity contribution >= 4 is 15.9 Å². The zero-order valence-corrected chi connectivity index (χ0v) is 8.04. The van der Waals surface area contributed by atoms with Crippen molar-refractivity contribution in [3.63, 3.8) is 0 Å². The van der Waals surface area contributed by atoms with Crippen LogP contribution in [0.1, 0.15) is 0 Å². The molecule has 0 atom stereocenters. The Morgan fingerprint density at radius 3 is 2.83 bits per heavy atom. The second-order valence-corrected chi connectivity index (χ2v) is 3.04. The zero-order valence-electron chi connectivity index (χ0n) is 6.46. The number of rotatable bonds is 4. The van der Waals surface area contributed by atoms with Gasteiger partial charge in [-0.3, -0.25) is 0 Å². The normalized spacial score (nSPS) is 9.83. The first kappa shape index (κ1) is 9.51. The van der Waals surface area contributed by atoms with Crippen LogP contribution in [0.3, 0.4) is 0 Å². The second kappa shape index (κ2) is 5.13. The van der Waals surface area contributed by atoms with Crippen molar-refractivity contribution < 1.29 is 9.94 Å². The third-order valence-electron chi connectivity index (χ3n) is 1.31. The molecule has 0 heterocycles. The standard InChI is InChI=1S/C8H10BrNO2/c9-7-3-1-2-4-8(7)12-6-5-10-11/h1-4,10-11H,5-6H2. The molecular weight excluding hydrogens is 222 g/mol. The van der Waals surface area contributed by atoms with Crippen molar-refractivity contribution in [1.29, 1.82) is 0 Å². The highest BCUT2D eigenvalue weighted by Crippen LogP contribution is 2.23. The lowest BCUT2D eigenvalue weighted by Crippen LogP contribution is -2.16. The molecule has 0 aliphatic heterocycles. The number of ether oxygens (including phenoxy) is 1. The summed E-state index contributed by atoms with van der Waals surface area (Å²) in [5, 5.41) is 8.27. The van der Waals surface area contributed by atoms with Crippen LogP contribution in [-0.2, 0) is 0 Å². The van der Waals surface area contributed by atoms with Gasteiger partial charge in [-0.25, -0.2) is 5.48 Å². The Balaban J connectivity index is 2.46. The summed E-state index contributed by atoms with van der Waals surface area (Å²) in [7, 11) is 0. The van der Waals surface area contributed by atoms with Gasteiger partial charge in [0.2, 0.25) is 0 Å². The maximum absolute atomic E-state index is 8.27. The highest BCUT2D eigenvalue weighted by Gasteiger charge is 1.97. The Labute approximate surface area is 79.4 Å². The van der Waals surface area contributed by atoms with Gasteiger partial charge in [0, 0.05) is 0 Å². The summed E-state index contributed by atoms with van der Waals surface area (Å²) in [6.45, 7) is 0.862. The molecule has 0 fully saturated rings. The Morgan fingerprint density at radius 2 is 2.17 bits per heavy atom. The molecular formula is C8H10BrNO2. The van der Waals surface area contributed by atoms with E-state index in [1.807, 2.05) is 29.7 Å². The van der Waals surface area contributed by atoms with E-state index in [9.17, 15) is 0 Å². The highest BCUT2D eigenvalue weighted by atomic mass is 79.9. The Bertz CT molecular complexity index is 242. The SMILES string of the molecule is ONCCOc1ccccc1Br. The molecule has 0 radical (unpaired) electrons. The minimum atomic E-state index is 0.418. The van der Waals surface area contributed by atoms with Crippen LogP contribution >= 0.6 is 15.9 Å². The van der Waals surface area contributed by atoms with E-state index >= 15 is 0 Å². The number of para-hydroxylation sites is 1. The van der Waals surface area contributed by atoms with E-state index < -0.39 is 0 Å². The number of hydroxylamine groups is 1. The van der Waals surface area contributed by atoms with Gasteiger partial charge in [0.25, 0.3) is 0 Å². The molecule has 0 amide bonds. The largest absolute Gasteiger partial charge is 0.491 e. The highest BCUT2D eigenvalue weighted by molar-refractivity contribution is 9.10. The van der Waals surface area contributed by atoms with Crippen molar-refractivity contribution in [3.8, 4) is 5.75 Å². The third kappa shape index (κ3) is 2.81. The lowest BCUT2D eigenvalue weighted by molar-refractivity contribution is 0.145. The van der Waals surface area contributed by atoms with Crippen LogP contribution in [-0.4, -0.2) is 18.4 Å². The van der Waals surface area contributed by atoms with Gasteiger partial charge in [0.1, 0.15) is 12.4 Å². The lowest BCUT2D eigenvalue weighted by Gasteiger charge is -2.06. The molecule has 0 bridgehead atoms. The summed E-state index contributed by atoms with van der Waals surface area (Å²) in [4.78, 5) is 0. The van der Waals surface area contributed by atoms with Gasteiger partial charge in [-0.05, 0) is 28.1 Å². The summed E-state index contributed by atoms with van der Waals surface area (Å²) in [6, 6.07) is 7.58. The van der Waals surface area contributed by atoms with E-state index in [0.29, 0.717) is 13.2 Å². The van der Waals surface area contributed by atoms with Gasteiger partial charge in [0.15, 0.2) is 0 Å². The molecule has 1 rings (SSSR count). The van der Waals surface area contributed by atoms with E-state index in [-0.39, 0.29) is 0 Å². The first-order chi connectivity index (χ1) is 5.84. The van der Waals surface area contributed by atoms with E-state index in [0.717, 1.165) is 10.2 Å². The van der Waals surface area contributed by atoms with Crippen molar-refractivity contribution in [1.82, 2.24) is 5.48 Å². The minimum Gasteiger partial charge on any atom is -0.491 e. The van der Waals surface area contributed by atoms with Crippen molar-refractivity contribution in [3.05, 3.63) is 28.7 Å². The number of hydrogen-bond acceptors (Lipinski definition) is 3. The Hall–Kier alpha value is -0.580. The first-order valence-corrected chi connectivity index (χ1v) is 4.38.